The van der Waals surface area contributed by atoms with E-state index in [4.69, 9.17) is 3.97 Å². The van der Waals surface area contributed by atoms with Crippen LogP contribution in [0.1, 0.15) is 0 Å². The van der Waals surface area contributed by atoms with E-state index >= 15 is 0 Å². The van der Waals surface area contributed by atoms with Crippen LogP contribution in [0.15, 0.2) is 157 Å². The fraction of sp³-hybridized carbons (Fsp3) is 0. The van der Waals surface area contributed by atoms with Crippen LogP contribution in [-0.4, -0.2) is 8.42 Å². The van der Waals surface area contributed by atoms with Gasteiger partial charge in [0.15, 0.2) is 0 Å². The average molecular weight is 497 g/mol. The van der Waals surface area contributed by atoms with Gasteiger partial charge < -0.3 is 0 Å². The second-order valence-corrected chi connectivity index (χ2v) is 14.3. The van der Waals surface area contributed by atoms with Crippen molar-refractivity contribution in [2.45, 2.75) is 4.90 Å². The van der Waals surface area contributed by atoms with Crippen molar-refractivity contribution in [2.75, 3.05) is 0 Å². The molecule has 0 saturated carbocycles. The molecule has 5 aromatic rings. The second kappa shape index (κ2) is 9.24. The minimum absolute atomic E-state index is 0.118. The molecule has 3 nitrogen and oxygen atoms in total. The van der Waals surface area contributed by atoms with E-state index in [-0.39, 0.29) is 4.90 Å². The maximum atomic E-state index is 14.2. The molecule has 5 aromatic carbocycles. The van der Waals surface area contributed by atoms with Gasteiger partial charge >= 0.3 is 207 Å². The number of benzene rings is 5. The zero-order valence-electron chi connectivity index (χ0n) is 19.0. The predicted octanol–water partition coefficient (Wildman–Crippen LogP) is 5.16. The number of rotatable bonds is 7. The molecule has 0 N–H and O–H groups in total. The molecule has 0 aliphatic carbocycles. The first-order valence-corrected chi connectivity index (χ1v) is 14.9. The molecule has 0 atom stereocenters. The van der Waals surface area contributed by atoms with Crippen LogP contribution in [0.4, 0.5) is 0 Å². The molecule has 35 heavy (non-hydrogen) atoms. The number of hydrogen-bond acceptors (Lipinski definition) is 3. The maximum absolute atomic E-state index is 14.2. The van der Waals surface area contributed by atoms with E-state index in [9.17, 15) is 8.42 Å². The quantitative estimate of drug-likeness (QED) is 0.292. The molecule has 174 valence electrons. The Labute approximate surface area is 206 Å². The van der Waals surface area contributed by atoms with Gasteiger partial charge in [-0.2, -0.15) is 0 Å². The van der Waals surface area contributed by atoms with Crippen LogP contribution in [0.25, 0.3) is 0 Å². The van der Waals surface area contributed by atoms with Crippen molar-refractivity contribution < 1.29 is 12.4 Å². The summed E-state index contributed by atoms with van der Waals surface area (Å²) in [6, 6.07) is 47.4. The molecule has 5 heteroatoms. The topological polar surface area (TPSA) is 43.4 Å². The molecular formula is C30H25O3PS. The van der Waals surface area contributed by atoms with E-state index in [1.165, 1.54) is 0 Å². The summed E-state index contributed by atoms with van der Waals surface area (Å²) >= 11 is 0. The Kier molecular flexibility index (Phi) is 6.12. The summed E-state index contributed by atoms with van der Waals surface area (Å²) in [6.45, 7) is -4.29. The summed E-state index contributed by atoms with van der Waals surface area (Å²) in [5.41, 5.74) is 0. The Hall–Kier alpha value is -3.56. The molecule has 0 saturated heterocycles. The Morgan fingerprint density at radius 1 is 0.400 bits per heavy atom. The average Bonchev–Trinajstić information content (AvgIpc) is 2.94. The molecule has 0 bridgehead atoms. The fourth-order valence-corrected chi connectivity index (χ4v) is 13.3. The summed E-state index contributed by atoms with van der Waals surface area (Å²) in [4.78, 5) is 0.118. The monoisotopic (exact) mass is 496 g/mol. The first-order valence-electron chi connectivity index (χ1n) is 11.3. The minimum atomic E-state index is -4.29. The SMILES string of the molecule is O=S(=O)(OP(c1ccccc1)(c1ccccc1)(c1ccccc1)c1ccccc1)c1ccccc1. The van der Waals surface area contributed by atoms with Crippen molar-refractivity contribution in [2.24, 2.45) is 0 Å². The van der Waals surface area contributed by atoms with E-state index in [0.717, 1.165) is 21.2 Å². The first kappa shape index (κ1) is 23.2. The van der Waals surface area contributed by atoms with Crippen molar-refractivity contribution >= 4 is 38.2 Å². The summed E-state index contributed by atoms with van der Waals surface area (Å²) in [5, 5.41) is 3.23. The molecule has 0 aromatic heterocycles. The van der Waals surface area contributed by atoms with Crippen molar-refractivity contribution in [3.8, 4) is 0 Å². The van der Waals surface area contributed by atoms with E-state index < -0.39 is 16.9 Å². The van der Waals surface area contributed by atoms with Gasteiger partial charge in [0.1, 0.15) is 0 Å². The van der Waals surface area contributed by atoms with Gasteiger partial charge in [0.05, 0.1) is 0 Å². The normalized spacial score (nSPS) is 13.0. The van der Waals surface area contributed by atoms with Crippen molar-refractivity contribution in [3.05, 3.63) is 152 Å². The van der Waals surface area contributed by atoms with Crippen molar-refractivity contribution in [3.63, 3.8) is 0 Å². The molecular weight excluding hydrogens is 471 g/mol. The molecule has 5 rings (SSSR count). The van der Waals surface area contributed by atoms with Crippen LogP contribution in [0.2, 0.25) is 0 Å². The van der Waals surface area contributed by atoms with Gasteiger partial charge in [0.25, 0.3) is 0 Å². The van der Waals surface area contributed by atoms with Gasteiger partial charge in [-0.05, 0) is 0 Å². The van der Waals surface area contributed by atoms with Crippen LogP contribution in [0.3, 0.4) is 0 Å². The van der Waals surface area contributed by atoms with E-state index in [1.807, 2.05) is 121 Å². The Bertz CT molecular complexity index is 1340. The molecule has 0 amide bonds. The summed E-state index contributed by atoms with van der Waals surface area (Å²) in [7, 11) is -4.21. The van der Waals surface area contributed by atoms with Crippen LogP contribution >= 0.6 is 6.83 Å². The molecule has 0 radical (unpaired) electrons. The third kappa shape index (κ3) is 3.71. The van der Waals surface area contributed by atoms with E-state index in [1.54, 1.807) is 30.3 Å². The van der Waals surface area contributed by atoms with Gasteiger partial charge in [-0.3, -0.25) is 0 Å². The van der Waals surface area contributed by atoms with E-state index in [0.29, 0.717) is 0 Å². The Morgan fingerprint density at radius 3 is 0.943 bits per heavy atom. The van der Waals surface area contributed by atoms with Crippen LogP contribution in [-0.2, 0) is 14.1 Å². The molecule has 0 fully saturated rings. The van der Waals surface area contributed by atoms with Crippen LogP contribution in [0, 0.1) is 0 Å². The van der Waals surface area contributed by atoms with Gasteiger partial charge in [-0.1, -0.05) is 0 Å². The van der Waals surface area contributed by atoms with Crippen molar-refractivity contribution in [1.82, 2.24) is 0 Å². The molecule has 0 heterocycles. The van der Waals surface area contributed by atoms with Gasteiger partial charge in [0.2, 0.25) is 0 Å². The molecule has 0 spiro atoms. The molecule has 0 unspecified atom stereocenters. The summed E-state index contributed by atoms with van der Waals surface area (Å²) in [6.07, 6.45) is 0. The van der Waals surface area contributed by atoms with Gasteiger partial charge in [0, 0.05) is 0 Å². The van der Waals surface area contributed by atoms with E-state index in [2.05, 4.69) is 0 Å². The first-order chi connectivity index (χ1) is 17.1. The second-order valence-electron chi connectivity index (χ2n) is 8.22. The standard InChI is InChI=1S/C30H25O3PS/c31-35(32,30-24-14-5-15-25-30)33-34(26-16-6-1-7-17-26,27-18-8-2-9-19-27,28-20-10-3-11-21-28)29-22-12-4-13-23-29/h1-25H. The predicted molar refractivity (Wildman–Crippen MR) is 146 cm³/mol. The molecule has 0 aliphatic rings. The van der Waals surface area contributed by atoms with Gasteiger partial charge in [-0.15, -0.1) is 0 Å². The molecule has 0 aliphatic heterocycles. The Balaban J connectivity index is 2.03. The summed E-state index contributed by atoms with van der Waals surface area (Å²) < 4.78 is 35.2. The fourth-order valence-electron chi connectivity index (χ4n) is 4.74. The van der Waals surface area contributed by atoms with Crippen LogP contribution < -0.4 is 21.2 Å². The third-order valence-electron chi connectivity index (χ3n) is 6.27. The zero-order chi connectivity index (χ0) is 24.2. The summed E-state index contributed by atoms with van der Waals surface area (Å²) in [5.74, 6) is 0. The third-order valence-corrected chi connectivity index (χ3v) is 14.2. The zero-order valence-corrected chi connectivity index (χ0v) is 20.7. The Morgan fingerprint density at radius 2 is 0.657 bits per heavy atom. The van der Waals surface area contributed by atoms with Crippen LogP contribution in [0.5, 0.6) is 0 Å². The van der Waals surface area contributed by atoms with Crippen molar-refractivity contribution in [1.29, 1.82) is 0 Å². The van der Waals surface area contributed by atoms with Gasteiger partial charge in [-0.25, -0.2) is 0 Å². The number of hydrogen-bond donors (Lipinski definition) is 0.